The van der Waals surface area contributed by atoms with Crippen LogP contribution in [0.3, 0.4) is 0 Å². The third kappa shape index (κ3) is 3.68. The van der Waals surface area contributed by atoms with Crippen LogP contribution in [0.15, 0.2) is 0 Å². The van der Waals surface area contributed by atoms with E-state index < -0.39 is 10.8 Å². The fourth-order valence-corrected chi connectivity index (χ4v) is 3.38. The van der Waals surface area contributed by atoms with Gasteiger partial charge in [0.25, 0.3) is 0 Å². The van der Waals surface area contributed by atoms with Crippen LogP contribution in [0.4, 0.5) is 0 Å². The minimum Gasteiger partial charge on any atom is -0.327 e. The summed E-state index contributed by atoms with van der Waals surface area (Å²) >= 11 is 0. The molecule has 0 radical (unpaired) electrons. The summed E-state index contributed by atoms with van der Waals surface area (Å²) in [5.41, 5.74) is 5.57. The minimum absolute atomic E-state index is 0.0900. The Morgan fingerprint density at radius 1 is 1.50 bits per heavy atom. The maximum absolute atomic E-state index is 11.4. The summed E-state index contributed by atoms with van der Waals surface area (Å²) in [6, 6.07) is 0.0900. The van der Waals surface area contributed by atoms with Gasteiger partial charge >= 0.3 is 0 Å². The molecule has 1 rings (SSSR count). The zero-order valence-corrected chi connectivity index (χ0v) is 8.61. The van der Waals surface area contributed by atoms with Gasteiger partial charge in [-0.15, -0.1) is 0 Å². The molecular weight excluding hydrogens is 170 g/mol. The second-order valence-electron chi connectivity index (χ2n) is 3.90. The van der Waals surface area contributed by atoms with Crippen molar-refractivity contribution in [2.75, 3.05) is 11.5 Å². The Balaban J connectivity index is 2.16. The van der Waals surface area contributed by atoms with Crippen molar-refractivity contribution in [3.05, 3.63) is 0 Å². The Morgan fingerprint density at radius 2 is 2.08 bits per heavy atom. The number of hydrogen-bond donors (Lipinski definition) is 1. The second-order valence-corrected chi connectivity index (χ2v) is 5.45. The quantitative estimate of drug-likeness (QED) is 0.724. The predicted molar refractivity (Wildman–Crippen MR) is 53.5 cm³/mol. The van der Waals surface area contributed by atoms with Gasteiger partial charge in [0.15, 0.2) is 0 Å². The van der Waals surface area contributed by atoms with Crippen LogP contribution in [-0.2, 0) is 10.8 Å². The van der Waals surface area contributed by atoms with Gasteiger partial charge in [0.2, 0.25) is 0 Å². The van der Waals surface area contributed by atoms with E-state index in [0.717, 1.165) is 11.7 Å². The highest BCUT2D eigenvalue weighted by molar-refractivity contribution is 7.85. The van der Waals surface area contributed by atoms with E-state index in [9.17, 15) is 4.21 Å². The third-order valence-corrected chi connectivity index (χ3v) is 4.09. The van der Waals surface area contributed by atoms with Crippen molar-refractivity contribution in [1.82, 2.24) is 0 Å². The molecule has 0 heterocycles. The number of hydrogen-bond acceptors (Lipinski definition) is 2. The van der Waals surface area contributed by atoms with Gasteiger partial charge in [0, 0.05) is 28.3 Å². The van der Waals surface area contributed by atoms with Crippen LogP contribution in [0.25, 0.3) is 0 Å². The Kier molecular flexibility index (Phi) is 4.22. The molecule has 1 aliphatic carbocycles. The van der Waals surface area contributed by atoms with E-state index in [-0.39, 0.29) is 6.04 Å². The highest BCUT2D eigenvalue weighted by Gasteiger charge is 2.17. The van der Waals surface area contributed by atoms with Gasteiger partial charge in [-0.3, -0.25) is 4.21 Å². The van der Waals surface area contributed by atoms with Crippen molar-refractivity contribution in [2.24, 2.45) is 11.7 Å². The zero-order chi connectivity index (χ0) is 8.97. The summed E-state index contributed by atoms with van der Waals surface area (Å²) in [6.07, 6.45) is 5.23. The Labute approximate surface area is 77.4 Å². The van der Waals surface area contributed by atoms with Gasteiger partial charge < -0.3 is 5.73 Å². The van der Waals surface area contributed by atoms with E-state index in [0.29, 0.717) is 5.75 Å². The van der Waals surface area contributed by atoms with Crippen LogP contribution in [-0.4, -0.2) is 21.8 Å². The first kappa shape index (κ1) is 10.2. The van der Waals surface area contributed by atoms with E-state index in [1.165, 1.54) is 25.7 Å². The van der Waals surface area contributed by atoms with Crippen LogP contribution in [0.5, 0.6) is 0 Å². The molecule has 0 saturated heterocycles. The molecule has 0 spiro atoms. The molecule has 2 unspecified atom stereocenters. The molecule has 0 aromatic rings. The molecule has 2 nitrogen and oxygen atoms in total. The monoisotopic (exact) mass is 189 g/mol. The van der Waals surface area contributed by atoms with Gasteiger partial charge in [-0.05, 0) is 25.7 Å². The third-order valence-electron chi connectivity index (χ3n) is 2.35. The van der Waals surface area contributed by atoms with Crippen LogP contribution in [0.1, 0.15) is 32.6 Å². The largest absolute Gasteiger partial charge is 0.327 e. The molecule has 1 saturated carbocycles. The normalized spacial score (nSPS) is 24.2. The van der Waals surface area contributed by atoms with Crippen molar-refractivity contribution >= 4 is 10.8 Å². The molecule has 0 amide bonds. The van der Waals surface area contributed by atoms with Crippen molar-refractivity contribution in [3.63, 3.8) is 0 Å². The molecule has 2 N–H and O–H groups in total. The molecule has 12 heavy (non-hydrogen) atoms. The lowest BCUT2D eigenvalue weighted by Gasteiger charge is -2.09. The molecule has 0 bridgehead atoms. The first-order valence-corrected chi connectivity index (χ1v) is 6.28. The summed E-state index contributed by atoms with van der Waals surface area (Å²) < 4.78 is 11.4. The van der Waals surface area contributed by atoms with Crippen LogP contribution in [0.2, 0.25) is 0 Å². The fraction of sp³-hybridized carbons (Fsp3) is 1.00. The van der Waals surface area contributed by atoms with Crippen LogP contribution < -0.4 is 5.73 Å². The zero-order valence-electron chi connectivity index (χ0n) is 7.79. The molecule has 0 aromatic heterocycles. The Bertz CT molecular complexity index is 153. The van der Waals surface area contributed by atoms with E-state index in [2.05, 4.69) is 0 Å². The molecule has 2 atom stereocenters. The summed E-state index contributed by atoms with van der Waals surface area (Å²) in [6.45, 7) is 1.92. The summed E-state index contributed by atoms with van der Waals surface area (Å²) in [7, 11) is -0.665. The highest BCUT2D eigenvalue weighted by atomic mass is 32.2. The van der Waals surface area contributed by atoms with E-state index in [1.54, 1.807) is 0 Å². The molecule has 3 heteroatoms. The Hall–Kier alpha value is 0.110. The average Bonchev–Trinajstić information content (AvgIpc) is 2.37. The molecule has 1 aliphatic rings. The molecule has 1 fully saturated rings. The number of nitrogens with two attached hydrogens (primary N) is 1. The predicted octanol–water partition coefficient (Wildman–Crippen LogP) is 1.27. The molecular formula is C9H19NOS. The van der Waals surface area contributed by atoms with E-state index >= 15 is 0 Å². The smallest absolute Gasteiger partial charge is 0.0384 e. The van der Waals surface area contributed by atoms with Crippen molar-refractivity contribution in [1.29, 1.82) is 0 Å². The maximum atomic E-state index is 11.4. The summed E-state index contributed by atoms with van der Waals surface area (Å²) in [4.78, 5) is 0. The van der Waals surface area contributed by atoms with E-state index in [1.807, 2.05) is 6.92 Å². The van der Waals surface area contributed by atoms with Gasteiger partial charge in [-0.25, -0.2) is 0 Å². The summed E-state index contributed by atoms with van der Waals surface area (Å²) in [5.74, 6) is 2.29. The Morgan fingerprint density at radius 3 is 2.58 bits per heavy atom. The van der Waals surface area contributed by atoms with Gasteiger partial charge in [0.05, 0.1) is 0 Å². The summed E-state index contributed by atoms with van der Waals surface area (Å²) in [5, 5.41) is 0. The standard InChI is InChI=1S/C9H19NOS/c1-8(10)6-12(11)7-9-4-2-3-5-9/h8-9H,2-7,10H2,1H3. The molecule has 0 aliphatic heterocycles. The van der Waals surface area contributed by atoms with Gasteiger partial charge in [-0.2, -0.15) is 0 Å². The minimum atomic E-state index is -0.665. The fourth-order valence-electron chi connectivity index (χ4n) is 1.80. The lowest BCUT2D eigenvalue weighted by atomic mass is 10.1. The average molecular weight is 189 g/mol. The van der Waals surface area contributed by atoms with Crippen molar-refractivity contribution in [2.45, 2.75) is 38.6 Å². The van der Waals surface area contributed by atoms with Crippen molar-refractivity contribution in [3.8, 4) is 0 Å². The second kappa shape index (κ2) is 4.97. The highest BCUT2D eigenvalue weighted by Crippen LogP contribution is 2.25. The first-order valence-electron chi connectivity index (χ1n) is 4.79. The van der Waals surface area contributed by atoms with E-state index in [4.69, 9.17) is 5.73 Å². The number of rotatable bonds is 4. The lowest BCUT2D eigenvalue weighted by molar-refractivity contribution is 0.602. The van der Waals surface area contributed by atoms with Gasteiger partial charge in [0.1, 0.15) is 0 Å². The lowest BCUT2D eigenvalue weighted by Crippen LogP contribution is -2.25. The van der Waals surface area contributed by atoms with Crippen LogP contribution in [0, 0.1) is 5.92 Å². The topological polar surface area (TPSA) is 43.1 Å². The van der Waals surface area contributed by atoms with Crippen LogP contribution >= 0.6 is 0 Å². The van der Waals surface area contributed by atoms with Gasteiger partial charge in [-0.1, -0.05) is 12.8 Å². The first-order chi connectivity index (χ1) is 5.68. The SMILES string of the molecule is CC(N)CS(=O)CC1CCCC1. The molecule has 72 valence electrons. The van der Waals surface area contributed by atoms with Crippen molar-refractivity contribution < 1.29 is 4.21 Å². The molecule has 0 aromatic carbocycles. The maximum Gasteiger partial charge on any atom is 0.0384 e.